The lowest BCUT2D eigenvalue weighted by molar-refractivity contribution is -0.136. The predicted octanol–water partition coefficient (Wildman–Crippen LogP) is 1.67. The van der Waals surface area contributed by atoms with Gasteiger partial charge in [-0.2, -0.15) is 0 Å². The van der Waals surface area contributed by atoms with Crippen LogP contribution in [-0.2, 0) is 4.79 Å². The molecule has 3 nitrogen and oxygen atoms in total. The highest BCUT2D eigenvalue weighted by atomic mass is 35.5. The van der Waals surface area contributed by atoms with Gasteiger partial charge in [-0.1, -0.05) is 13.3 Å². The highest BCUT2D eigenvalue weighted by Gasteiger charge is 2.29. The molecule has 2 fully saturated rings. The Balaban J connectivity index is 0.00000128. The maximum absolute atomic E-state index is 12.1. The van der Waals surface area contributed by atoms with E-state index in [4.69, 9.17) is 0 Å². The van der Waals surface area contributed by atoms with Crippen molar-refractivity contribution >= 4 is 18.3 Å². The highest BCUT2D eigenvalue weighted by Crippen LogP contribution is 2.22. The Labute approximate surface area is 104 Å². The summed E-state index contributed by atoms with van der Waals surface area (Å²) in [6, 6.07) is 0. The standard InChI is InChI=1S/C12H22N2O.ClH/c1-2-10-4-7-14(8-5-10)12(15)11-3-6-13-9-11;/h10-11,13H,2-9H2,1H3;1H. The van der Waals surface area contributed by atoms with Crippen molar-refractivity contribution in [2.75, 3.05) is 26.2 Å². The average molecular weight is 247 g/mol. The molecule has 16 heavy (non-hydrogen) atoms. The lowest BCUT2D eigenvalue weighted by atomic mass is 9.93. The molecule has 0 saturated carbocycles. The first-order valence-corrected chi connectivity index (χ1v) is 6.30. The molecule has 0 aromatic carbocycles. The Hall–Kier alpha value is -0.280. The monoisotopic (exact) mass is 246 g/mol. The molecule has 2 heterocycles. The topological polar surface area (TPSA) is 32.3 Å². The molecule has 2 rings (SSSR count). The Morgan fingerprint density at radius 2 is 2.00 bits per heavy atom. The smallest absolute Gasteiger partial charge is 0.227 e. The van der Waals surface area contributed by atoms with Crippen LogP contribution in [0.4, 0.5) is 0 Å². The van der Waals surface area contributed by atoms with Crippen LogP contribution in [0.15, 0.2) is 0 Å². The van der Waals surface area contributed by atoms with Crippen molar-refractivity contribution in [2.45, 2.75) is 32.6 Å². The molecule has 1 amide bonds. The molecular formula is C12H23ClN2O. The van der Waals surface area contributed by atoms with E-state index in [-0.39, 0.29) is 18.3 Å². The van der Waals surface area contributed by atoms with Crippen molar-refractivity contribution in [3.8, 4) is 0 Å². The van der Waals surface area contributed by atoms with Crippen molar-refractivity contribution in [3.05, 3.63) is 0 Å². The summed E-state index contributed by atoms with van der Waals surface area (Å²) in [6.45, 7) is 6.15. The summed E-state index contributed by atoms with van der Waals surface area (Å²) in [4.78, 5) is 14.2. The molecule has 0 aliphatic carbocycles. The van der Waals surface area contributed by atoms with Gasteiger partial charge in [-0.15, -0.1) is 12.4 Å². The van der Waals surface area contributed by atoms with Gasteiger partial charge in [0.05, 0.1) is 5.92 Å². The fourth-order valence-corrected chi connectivity index (χ4v) is 2.69. The molecule has 1 unspecified atom stereocenters. The zero-order valence-electron chi connectivity index (χ0n) is 10.1. The van der Waals surface area contributed by atoms with Crippen molar-refractivity contribution in [2.24, 2.45) is 11.8 Å². The maximum Gasteiger partial charge on any atom is 0.227 e. The lowest BCUT2D eigenvalue weighted by Crippen LogP contribution is -2.42. The van der Waals surface area contributed by atoms with E-state index in [2.05, 4.69) is 17.1 Å². The van der Waals surface area contributed by atoms with E-state index in [0.29, 0.717) is 5.91 Å². The van der Waals surface area contributed by atoms with Gasteiger partial charge < -0.3 is 10.2 Å². The number of nitrogens with zero attached hydrogens (tertiary/aromatic N) is 1. The van der Waals surface area contributed by atoms with Gasteiger partial charge in [0.1, 0.15) is 0 Å². The molecule has 2 aliphatic rings. The minimum Gasteiger partial charge on any atom is -0.342 e. The van der Waals surface area contributed by atoms with Crippen LogP contribution in [0.3, 0.4) is 0 Å². The van der Waals surface area contributed by atoms with Gasteiger partial charge in [-0.05, 0) is 31.7 Å². The van der Waals surface area contributed by atoms with Crippen LogP contribution in [0.5, 0.6) is 0 Å². The predicted molar refractivity (Wildman–Crippen MR) is 67.8 cm³/mol. The summed E-state index contributed by atoms with van der Waals surface area (Å²) in [5.41, 5.74) is 0. The van der Waals surface area contributed by atoms with E-state index in [1.165, 1.54) is 19.3 Å². The van der Waals surface area contributed by atoms with Crippen molar-refractivity contribution in [1.29, 1.82) is 0 Å². The second-order valence-corrected chi connectivity index (χ2v) is 4.87. The summed E-state index contributed by atoms with van der Waals surface area (Å²) in [5, 5.41) is 3.26. The molecule has 1 atom stereocenters. The van der Waals surface area contributed by atoms with E-state index < -0.39 is 0 Å². The molecule has 0 spiro atoms. The first-order chi connectivity index (χ1) is 7.31. The van der Waals surface area contributed by atoms with Crippen LogP contribution >= 0.6 is 12.4 Å². The third kappa shape index (κ3) is 3.11. The number of likely N-dealkylation sites (tertiary alicyclic amines) is 1. The Bertz CT molecular complexity index is 221. The number of hydrogen-bond donors (Lipinski definition) is 1. The molecule has 94 valence electrons. The molecule has 1 N–H and O–H groups in total. The maximum atomic E-state index is 12.1. The van der Waals surface area contributed by atoms with Crippen LogP contribution in [0, 0.1) is 11.8 Å². The largest absolute Gasteiger partial charge is 0.342 e. The molecule has 0 radical (unpaired) electrons. The summed E-state index contributed by atoms with van der Waals surface area (Å²) >= 11 is 0. The zero-order chi connectivity index (χ0) is 10.7. The Kier molecular flexibility index (Phi) is 5.56. The van der Waals surface area contributed by atoms with E-state index in [1.54, 1.807) is 0 Å². The van der Waals surface area contributed by atoms with Gasteiger partial charge in [-0.3, -0.25) is 4.79 Å². The summed E-state index contributed by atoms with van der Waals surface area (Å²) in [7, 11) is 0. The molecule has 2 saturated heterocycles. The van der Waals surface area contributed by atoms with Crippen LogP contribution in [-0.4, -0.2) is 37.0 Å². The van der Waals surface area contributed by atoms with E-state index in [0.717, 1.165) is 38.5 Å². The number of halogens is 1. The van der Waals surface area contributed by atoms with Crippen molar-refractivity contribution in [3.63, 3.8) is 0 Å². The minimum absolute atomic E-state index is 0. The first kappa shape index (κ1) is 13.8. The van der Waals surface area contributed by atoms with Crippen LogP contribution < -0.4 is 5.32 Å². The van der Waals surface area contributed by atoms with Crippen molar-refractivity contribution < 1.29 is 4.79 Å². The minimum atomic E-state index is 0. The van der Waals surface area contributed by atoms with Crippen LogP contribution in [0.25, 0.3) is 0 Å². The number of carbonyl (C=O) groups excluding carboxylic acids is 1. The number of piperidine rings is 1. The quantitative estimate of drug-likeness (QED) is 0.804. The van der Waals surface area contributed by atoms with Crippen LogP contribution in [0.1, 0.15) is 32.6 Å². The number of carbonyl (C=O) groups is 1. The normalized spacial score (nSPS) is 26.6. The van der Waals surface area contributed by atoms with Gasteiger partial charge in [-0.25, -0.2) is 0 Å². The van der Waals surface area contributed by atoms with Gasteiger partial charge in [0.2, 0.25) is 5.91 Å². The number of hydrogen-bond acceptors (Lipinski definition) is 2. The van der Waals surface area contributed by atoms with Gasteiger partial charge in [0.25, 0.3) is 0 Å². The van der Waals surface area contributed by atoms with E-state index in [9.17, 15) is 4.79 Å². The van der Waals surface area contributed by atoms with Gasteiger partial charge in [0.15, 0.2) is 0 Å². The number of nitrogens with one attached hydrogen (secondary N) is 1. The summed E-state index contributed by atoms with van der Waals surface area (Å²) < 4.78 is 0. The Morgan fingerprint density at radius 3 is 2.50 bits per heavy atom. The molecule has 0 aromatic heterocycles. The second-order valence-electron chi connectivity index (χ2n) is 4.87. The molecular weight excluding hydrogens is 224 g/mol. The SMILES string of the molecule is CCC1CCN(C(=O)C2CCNC2)CC1.Cl. The first-order valence-electron chi connectivity index (χ1n) is 6.30. The number of rotatable bonds is 2. The third-order valence-electron chi connectivity index (χ3n) is 3.91. The summed E-state index contributed by atoms with van der Waals surface area (Å²) in [5.74, 6) is 1.52. The second kappa shape index (κ2) is 6.45. The zero-order valence-corrected chi connectivity index (χ0v) is 10.9. The molecule has 0 bridgehead atoms. The highest BCUT2D eigenvalue weighted by molar-refractivity contribution is 5.85. The molecule has 0 aromatic rings. The Morgan fingerprint density at radius 1 is 1.31 bits per heavy atom. The summed E-state index contributed by atoms with van der Waals surface area (Å²) in [6.07, 6.45) is 4.73. The fraction of sp³-hybridized carbons (Fsp3) is 0.917. The van der Waals surface area contributed by atoms with Gasteiger partial charge in [0, 0.05) is 19.6 Å². The molecule has 4 heteroatoms. The van der Waals surface area contributed by atoms with Gasteiger partial charge >= 0.3 is 0 Å². The third-order valence-corrected chi connectivity index (χ3v) is 3.91. The van der Waals surface area contributed by atoms with E-state index in [1.807, 2.05) is 0 Å². The average Bonchev–Trinajstić information content (AvgIpc) is 2.82. The van der Waals surface area contributed by atoms with Crippen LogP contribution in [0.2, 0.25) is 0 Å². The van der Waals surface area contributed by atoms with Crippen molar-refractivity contribution in [1.82, 2.24) is 10.2 Å². The lowest BCUT2D eigenvalue weighted by Gasteiger charge is -2.33. The van der Waals surface area contributed by atoms with E-state index >= 15 is 0 Å². The fourth-order valence-electron chi connectivity index (χ4n) is 2.69. The number of amides is 1. The molecule has 2 aliphatic heterocycles.